The normalized spacial score (nSPS) is 9.84. The molecule has 6 nitrogen and oxygen atoms in total. The van der Waals surface area contributed by atoms with Crippen molar-refractivity contribution in [2.45, 2.75) is 32.5 Å². The van der Waals surface area contributed by atoms with E-state index in [0.717, 1.165) is 5.56 Å². The highest BCUT2D eigenvalue weighted by Crippen LogP contribution is 2.22. The molecule has 2 rings (SSSR count). The van der Waals surface area contributed by atoms with Gasteiger partial charge in [-0.25, -0.2) is 9.78 Å². The molecule has 0 aliphatic carbocycles. The summed E-state index contributed by atoms with van der Waals surface area (Å²) in [5, 5.41) is 12.3. The van der Waals surface area contributed by atoms with Gasteiger partial charge in [-0.05, 0) is 30.9 Å². The van der Waals surface area contributed by atoms with E-state index in [4.69, 9.17) is 27.9 Å². The molecule has 0 radical (unpaired) electrons. The van der Waals surface area contributed by atoms with Crippen molar-refractivity contribution in [3.05, 3.63) is 39.5 Å². The maximum atomic E-state index is 11.9. The number of thioether (sulfide) groups is 1. The average molecular weight is 403 g/mol. The monoisotopic (exact) mass is 402 g/mol. The molecule has 0 saturated carbocycles. The fourth-order valence-electron chi connectivity index (χ4n) is 1.70. The number of hydrogen-bond donors (Lipinski definition) is 1. The number of rotatable bonds is 6. The zero-order valence-corrected chi connectivity index (χ0v) is 16.8. The number of esters is 1. The van der Waals surface area contributed by atoms with Crippen LogP contribution in [-0.4, -0.2) is 34.0 Å². The van der Waals surface area contributed by atoms with E-state index in [2.05, 4.69) is 20.5 Å². The SMILES string of the molecule is CC.CCOC(=O)c1nnc(SC)nc1NCc1ccc(Cl)cc1Cl. The summed E-state index contributed by atoms with van der Waals surface area (Å²) in [6.07, 6.45) is 1.82. The average Bonchev–Trinajstić information content (AvgIpc) is 2.62. The zero-order valence-electron chi connectivity index (χ0n) is 14.5. The molecule has 0 bridgehead atoms. The van der Waals surface area contributed by atoms with E-state index < -0.39 is 5.97 Å². The van der Waals surface area contributed by atoms with Crippen molar-refractivity contribution in [3.8, 4) is 0 Å². The largest absolute Gasteiger partial charge is 0.461 e. The number of carbonyl (C=O) groups excluding carboxylic acids is 1. The smallest absolute Gasteiger partial charge is 0.362 e. The number of hydrogen-bond acceptors (Lipinski definition) is 7. The first-order valence-corrected chi connectivity index (χ1v) is 9.66. The van der Waals surface area contributed by atoms with Crippen LogP contribution in [0.2, 0.25) is 10.0 Å². The van der Waals surface area contributed by atoms with Gasteiger partial charge in [-0.1, -0.05) is 54.9 Å². The number of anilines is 1. The number of nitrogens with one attached hydrogen (secondary N) is 1. The van der Waals surface area contributed by atoms with Gasteiger partial charge < -0.3 is 10.1 Å². The van der Waals surface area contributed by atoms with Crippen molar-refractivity contribution in [1.29, 1.82) is 0 Å². The number of aromatic nitrogens is 3. The molecule has 0 saturated heterocycles. The van der Waals surface area contributed by atoms with Crippen LogP contribution in [0.15, 0.2) is 23.4 Å². The third-order valence-corrected chi connectivity index (χ3v) is 3.91. The molecular weight excluding hydrogens is 383 g/mol. The summed E-state index contributed by atoms with van der Waals surface area (Å²) in [7, 11) is 0. The number of carbonyl (C=O) groups is 1. The molecular formula is C16H20Cl2N4O2S. The molecule has 1 N–H and O–H groups in total. The Hall–Kier alpha value is -1.57. The molecule has 0 spiro atoms. The van der Waals surface area contributed by atoms with Crippen LogP contribution in [0.3, 0.4) is 0 Å². The lowest BCUT2D eigenvalue weighted by molar-refractivity contribution is 0.0518. The molecule has 0 amide bonds. The summed E-state index contributed by atoms with van der Waals surface area (Å²) in [5.41, 5.74) is 0.852. The van der Waals surface area contributed by atoms with Crippen LogP contribution in [0.25, 0.3) is 0 Å². The lowest BCUT2D eigenvalue weighted by atomic mass is 10.2. The third kappa shape index (κ3) is 6.34. The van der Waals surface area contributed by atoms with Gasteiger partial charge in [0.1, 0.15) is 0 Å². The van der Waals surface area contributed by atoms with Crippen molar-refractivity contribution in [2.24, 2.45) is 0 Å². The highest BCUT2D eigenvalue weighted by atomic mass is 35.5. The van der Waals surface area contributed by atoms with Gasteiger partial charge in [-0.15, -0.1) is 10.2 Å². The first-order valence-electron chi connectivity index (χ1n) is 7.68. The van der Waals surface area contributed by atoms with Crippen molar-refractivity contribution < 1.29 is 9.53 Å². The Labute approximate surface area is 161 Å². The van der Waals surface area contributed by atoms with Gasteiger partial charge in [0.25, 0.3) is 0 Å². The fraction of sp³-hybridized carbons (Fsp3) is 0.375. The van der Waals surface area contributed by atoms with Crippen LogP contribution < -0.4 is 5.32 Å². The maximum Gasteiger partial charge on any atom is 0.362 e. The van der Waals surface area contributed by atoms with Crippen LogP contribution >= 0.6 is 35.0 Å². The number of ether oxygens (including phenoxy) is 1. The van der Waals surface area contributed by atoms with Gasteiger partial charge in [0.05, 0.1) is 6.61 Å². The molecule has 0 fully saturated rings. The Morgan fingerprint density at radius 2 is 2.00 bits per heavy atom. The van der Waals surface area contributed by atoms with Crippen LogP contribution in [-0.2, 0) is 11.3 Å². The Kier molecular flexibility index (Phi) is 9.55. The minimum atomic E-state index is -0.579. The minimum Gasteiger partial charge on any atom is -0.461 e. The predicted molar refractivity (Wildman–Crippen MR) is 103 cm³/mol. The van der Waals surface area contributed by atoms with Gasteiger partial charge in [0.2, 0.25) is 10.9 Å². The Balaban J connectivity index is 0.00000151. The van der Waals surface area contributed by atoms with Crippen LogP contribution in [0.1, 0.15) is 36.8 Å². The fourth-order valence-corrected chi connectivity index (χ4v) is 2.48. The third-order valence-electron chi connectivity index (χ3n) is 2.78. The van der Waals surface area contributed by atoms with Crippen molar-refractivity contribution in [3.63, 3.8) is 0 Å². The first kappa shape index (κ1) is 21.5. The molecule has 0 atom stereocenters. The maximum absolute atomic E-state index is 11.9. The van der Waals surface area contributed by atoms with Gasteiger partial charge in [0.15, 0.2) is 5.82 Å². The Morgan fingerprint density at radius 3 is 2.60 bits per heavy atom. The van der Waals surface area contributed by atoms with Crippen molar-refractivity contribution in [1.82, 2.24) is 15.2 Å². The molecule has 0 aliphatic rings. The van der Waals surface area contributed by atoms with E-state index >= 15 is 0 Å². The number of benzene rings is 1. The van der Waals surface area contributed by atoms with Crippen molar-refractivity contribution in [2.75, 3.05) is 18.2 Å². The summed E-state index contributed by atoms with van der Waals surface area (Å²) in [5.74, 6) is -0.279. The van der Waals surface area contributed by atoms with E-state index in [-0.39, 0.29) is 12.3 Å². The summed E-state index contributed by atoms with van der Waals surface area (Å²) >= 11 is 13.3. The number of halogens is 2. The number of nitrogens with zero attached hydrogens (tertiary/aromatic N) is 3. The molecule has 136 valence electrons. The molecule has 0 unspecified atom stereocenters. The lowest BCUT2D eigenvalue weighted by Crippen LogP contribution is -2.15. The van der Waals surface area contributed by atoms with Gasteiger partial charge in [-0.3, -0.25) is 0 Å². The van der Waals surface area contributed by atoms with Crippen molar-refractivity contribution >= 4 is 46.8 Å². The van der Waals surface area contributed by atoms with Crippen LogP contribution in [0, 0.1) is 0 Å². The quantitative estimate of drug-likeness (QED) is 0.553. The molecule has 9 heteroatoms. The Morgan fingerprint density at radius 1 is 1.28 bits per heavy atom. The second-order valence-electron chi connectivity index (χ2n) is 4.31. The standard InChI is InChI=1S/C14H14Cl2N4O2S.C2H6/c1-3-22-13(21)11-12(18-14(23-2)20-19-11)17-7-8-4-5-9(15)6-10(8)16;1-2/h4-6H,3,7H2,1-2H3,(H,17,18,20);1-2H3. The van der Waals surface area contributed by atoms with Crippen LogP contribution in [0.4, 0.5) is 5.82 Å². The van der Waals surface area contributed by atoms with E-state index in [9.17, 15) is 4.79 Å². The van der Waals surface area contributed by atoms with Crippen LogP contribution in [0.5, 0.6) is 0 Å². The molecule has 25 heavy (non-hydrogen) atoms. The van der Waals surface area contributed by atoms with Gasteiger partial charge >= 0.3 is 5.97 Å². The Bertz CT molecular complexity index is 717. The highest BCUT2D eigenvalue weighted by molar-refractivity contribution is 7.98. The molecule has 1 aromatic heterocycles. The van der Waals surface area contributed by atoms with E-state index in [1.165, 1.54) is 11.8 Å². The second-order valence-corrected chi connectivity index (χ2v) is 5.92. The second kappa shape index (κ2) is 11.1. The summed E-state index contributed by atoms with van der Waals surface area (Å²) in [4.78, 5) is 16.2. The highest BCUT2D eigenvalue weighted by Gasteiger charge is 2.18. The molecule has 1 heterocycles. The summed E-state index contributed by atoms with van der Waals surface area (Å²) in [6, 6.07) is 5.19. The topological polar surface area (TPSA) is 77.0 Å². The summed E-state index contributed by atoms with van der Waals surface area (Å²) in [6.45, 7) is 6.32. The first-order chi connectivity index (χ1) is 12.0. The summed E-state index contributed by atoms with van der Waals surface area (Å²) < 4.78 is 4.96. The van der Waals surface area contributed by atoms with E-state index in [1.54, 1.807) is 25.1 Å². The minimum absolute atomic E-state index is 0.0368. The van der Waals surface area contributed by atoms with E-state index in [1.807, 2.05) is 20.1 Å². The van der Waals surface area contributed by atoms with Gasteiger partial charge in [-0.2, -0.15) is 0 Å². The molecule has 1 aromatic carbocycles. The molecule has 2 aromatic rings. The predicted octanol–water partition coefficient (Wildman–Crippen LogP) is 4.72. The molecule has 0 aliphatic heterocycles. The lowest BCUT2D eigenvalue weighted by Gasteiger charge is -2.11. The van der Waals surface area contributed by atoms with E-state index in [0.29, 0.717) is 27.6 Å². The zero-order chi connectivity index (χ0) is 18.8. The van der Waals surface area contributed by atoms with Gasteiger partial charge in [0, 0.05) is 16.6 Å².